The van der Waals surface area contributed by atoms with Gasteiger partial charge in [-0.3, -0.25) is 9.67 Å². The highest BCUT2D eigenvalue weighted by Crippen LogP contribution is 2.06. The average Bonchev–Trinajstić information content (AvgIpc) is 2.93. The number of hydrogen-bond donors (Lipinski definition) is 2. The molecule has 1 aromatic rings. The van der Waals surface area contributed by atoms with Crippen LogP contribution < -0.4 is 10.6 Å². The average molecular weight is 307 g/mol. The van der Waals surface area contributed by atoms with E-state index in [4.69, 9.17) is 0 Å². The molecule has 0 saturated carbocycles. The lowest BCUT2D eigenvalue weighted by Crippen LogP contribution is -2.38. The minimum atomic E-state index is 0.877. The molecule has 0 saturated heterocycles. The zero-order valence-corrected chi connectivity index (χ0v) is 14.6. The van der Waals surface area contributed by atoms with Crippen LogP contribution >= 0.6 is 0 Å². The van der Waals surface area contributed by atoms with E-state index in [0.717, 1.165) is 25.5 Å². The molecule has 126 valence electrons. The van der Waals surface area contributed by atoms with E-state index in [2.05, 4.69) is 33.8 Å². The van der Waals surface area contributed by atoms with Crippen molar-refractivity contribution >= 4 is 5.96 Å². The Morgan fingerprint density at radius 2 is 1.77 bits per heavy atom. The quantitative estimate of drug-likeness (QED) is 0.375. The van der Waals surface area contributed by atoms with Crippen molar-refractivity contribution in [1.29, 1.82) is 0 Å². The van der Waals surface area contributed by atoms with Crippen LogP contribution in [0.15, 0.2) is 17.4 Å². The Labute approximate surface area is 135 Å². The van der Waals surface area contributed by atoms with Gasteiger partial charge in [-0.25, -0.2) is 0 Å². The molecule has 0 aromatic carbocycles. The van der Waals surface area contributed by atoms with Crippen molar-refractivity contribution in [2.75, 3.05) is 20.1 Å². The molecule has 0 aliphatic carbocycles. The third kappa shape index (κ3) is 8.70. The number of aryl methyl sites for hydroxylation is 1. The van der Waals surface area contributed by atoms with Gasteiger partial charge in [-0.15, -0.1) is 0 Å². The van der Waals surface area contributed by atoms with Crippen LogP contribution in [0.3, 0.4) is 0 Å². The number of guanidine groups is 1. The van der Waals surface area contributed by atoms with Crippen molar-refractivity contribution in [1.82, 2.24) is 20.4 Å². The summed E-state index contributed by atoms with van der Waals surface area (Å²) < 4.78 is 1.84. The molecule has 0 amide bonds. The second-order valence-electron chi connectivity index (χ2n) is 5.82. The fraction of sp³-hybridized carbons (Fsp3) is 0.765. The number of nitrogens with zero attached hydrogens (tertiary/aromatic N) is 3. The van der Waals surface area contributed by atoms with Crippen LogP contribution in [0.2, 0.25) is 0 Å². The Kier molecular flexibility index (Phi) is 10.2. The molecule has 5 heteroatoms. The Morgan fingerprint density at radius 1 is 1.09 bits per heavy atom. The van der Waals surface area contributed by atoms with E-state index in [0.29, 0.717) is 0 Å². The summed E-state index contributed by atoms with van der Waals surface area (Å²) in [5.74, 6) is 0.898. The summed E-state index contributed by atoms with van der Waals surface area (Å²) in [5.41, 5.74) is 1.25. The SMILES string of the molecule is CCCCCCCCCNC(=NC)NCCc1cnn(C)c1. The molecule has 0 radical (unpaired) electrons. The van der Waals surface area contributed by atoms with Crippen LogP contribution in [0.25, 0.3) is 0 Å². The second kappa shape index (κ2) is 12.1. The first kappa shape index (κ1) is 18.5. The topological polar surface area (TPSA) is 54.2 Å². The maximum absolute atomic E-state index is 4.26. The summed E-state index contributed by atoms with van der Waals surface area (Å²) in [6, 6.07) is 0. The first-order valence-corrected chi connectivity index (χ1v) is 8.68. The van der Waals surface area contributed by atoms with E-state index in [9.17, 15) is 0 Å². The molecule has 0 bridgehead atoms. The lowest BCUT2D eigenvalue weighted by atomic mass is 10.1. The predicted octanol–water partition coefficient (Wildman–Crippen LogP) is 2.88. The summed E-state index contributed by atoms with van der Waals surface area (Å²) in [4.78, 5) is 4.26. The number of aromatic nitrogens is 2. The Morgan fingerprint density at radius 3 is 2.41 bits per heavy atom. The molecule has 0 spiro atoms. The first-order valence-electron chi connectivity index (χ1n) is 8.68. The largest absolute Gasteiger partial charge is 0.356 e. The maximum Gasteiger partial charge on any atom is 0.190 e. The first-order chi connectivity index (χ1) is 10.8. The van der Waals surface area contributed by atoms with Crippen molar-refractivity contribution in [3.63, 3.8) is 0 Å². The Bertz CT molecular complexity index is 411. The van der Waals surface area contributed by atoms with E-state index < -0.39 is 0 Å². The number of unbranched alkanes of at least 4 members (excludes halogenated alkanes) is 6. The van der Waals surface area contributed by atoms with E-state index >= 15 is 0 Å². The molecule has 0 aliphatic rings. The highest BCUT2D eigenvalue weighted by Gasteiger charge is 1.99. The van der Waals surface area contributed by atoms with E-state index in [1.807, 2.05) is 25.0 Å². The summed E-state index contributed by atoms with van der Waals surface area (Å²) >= 11 is 0. The van der Waals surface area contributed by atoms with Crippen LogP contribution in [-0.4, -0.2) is 35.9 Å². The lowest BCUT2D eigenvalue weighted by molar-refractivity contribution is 0.584. The fourth-order valence-corrected chi connectivity index (χ4v) is 2.44. The molecular formula is C17H33N5. The molecule has 22 heavy (non-hydrogen) atoms. The highest BCUT2D eigenvalue weighted by molar-refractivity contribution is 5.79. The minimum absolute atomic E-state index is 0.877. The zero-order valence-electron chi connectivity index (χ0n) is 14.6. The standard InChI is InChI=1S/C17H33N5/c1-4-5-6-7-8-9-10-12-19-17(18-2)20-13-11-16-14-21-22(3)15-16/h14-15H,4-13H2,1-3H3,(H2,18,19,20). The van der Waals surface area contributed by atoms with Crippen molar-refractivity contribution in [2.24, 2.45) is 12.0 Å². The van der Waals surface area contributed by atoms with Gasteiger partial charge in [-0.05, 0) is 18.4 Å². The van der Waals surface area contributed by atoms with Gasteiger partial charge in [0, 0.05) is 33.4 Å². The van der Waals surface area contributed by atoms with Gasteiger partial charge in [-0.1, -0.05) is 45.4 Å². The zero-order chi connectivity index (χ0) is 16.0. The molecular weight excluding hydrogens is 274 g/mol. The Hall–Kier alpha value is -1.52. The van der Waals surface area contributed by atoms with Crippen LogP contribution in [-0.2, 0) is 13.5 Å². The van der Waals surface area contributed by atoms with Crippen molar-refractivity contribution in [2.45, 2.75) is 58.3 Å². The summed E-state index contributed by atoms with van der Waals surface area (Å²) in [6.45, 7) is 4.14. The van der Waals surface area contributed by atoms with Gasteiger partial charge in [-0.2, -0.15) is 5.10 Å². The molecule has 0 fully saturated rings. The molecule has 0 aliphatic heterocycles. The normalized spacial score (nSPS) is 11.7. The fourth-order valence-electron chi connectivity index (χ4n) is 2.44. The van der Waals surface area contributed by atoms with E-state index in [-0.39, 0.29) is 0 Å². The monoisotopic (exact) mass is 307 g/mol. The molecule has 2 N–H and O–H groups in total. The van der Waals surface area contributed by atoms with Gasteiger partial charge in [0.25, 0.3) is 0 Å². The number of aliphatic imine (C=N–C) groups is 1. The summed E-state index contributed by atoms with van der Waals surface area (Å²) in [5, 5.41) is 10.9. The lowest BCUT2D eigenvalue weighted by Gasteiger charge is -2.11. The molecule has 1 aromatic heterocycles. The van der Waals surface area contributed by atoms with Gasteiger partial charge >= 0.3 is 0 Å². The Balaban J connectivity index is 2.00. The third-order valence-corrected chi connectivity index (χ3v) is 3.76. The van der Waals surface area contributed by atoms with E-state index in [1.54, 1.807) is 0 Å². The number of nitrogens with one attached hydrogen (secondary N) is 2. The van der Waals surface area contributed by atoms with Crippen LogP contribution in [0.1, 0.15) is 57.4 Å². The molecule has 1 heterocycles. The minimum Gasteiger partial charge on any atom is -0.356 e. The van der Waals surface area contributed by atoms with E-state index in [1.165, 1.54) is 50.5 Å². The second-order valence-corrected chi connectivity index (χ2v) is 5.82. The molecule has 0 unspecified atom stereocenters. The van der Waals surface area contributed by atoms with Gasteiger partial charge in [0.2, 0.25) is 0 Å². The van der Waals surface area contributed by atoms with Crippen LogP contribution in [0.4, 0.5) is 0 Å². The predicted molar refractivity (Wildman–Crippen MR) is 94.3 cm³/mol. The van der Waals surface area contributed by atoms with Gasteiger partial charge < -0.3 is 10.6 Å². The third-order valence-electron chi connectivity index (χ3n) is 3.76. The van der Waals surface area contributed by atoms with Crippen molar-refractivity contribution in [3.05, 3.63) is 18.0 Å². The van der Waals surface area contributed by atoms with Crippen LogP contribution in [0, 0.1) is 0 Å². The molecule has 1 rings (SSSR count). The van der Waals surface area contributed by atoms with Crippen LogP contribution in [0.5, 0.6) is 0 Å². The maximum atomic E-state index is 4.26. The van der Waals surface area contributed by atoms with Gasteiger partial charge in [0.1, 0.15) is 0 Å². The highest BCUT2D eigenvalue weighted by atomic mass is 15.2. The van der Waals surface area contributed by atoms with Gasteiger partial charge in [0.05, 0.1) is 6.20 Å². The molecule has 0 atom stereocenters. The number of hydrogen-bond acceptors (Lipinski definition) is 2. The summed E-state index contributed by atoms with van der Waals surface area (Å²) in [6.07, 6.45) is 14.3. The van der Waals surface area contributed by atoms with Crippen molar-refractivity contribution in [3.8, 4) is 0 Å². The van der Waals surface area contributed by atoms with Crippen molar-refractivity contribution < 1.29 is 0 Å². The summed E-state index contributed by atoms with van der Waals surface area (Å²) in [7, 11) is 3.77. The smallest absolute Gasteiger partial charge is 0.190 e. The number of rotatable bonds is 11. The van der Waals surface area contributed by atoms with Gasteiger partial charge in [0.15, 0.2) is 5.96 Å². The molecule has 5 nitrogen and oxygen atoms in total.